The number of aromatic nitrogens is 1. The van der Waals surface area contributed by atoms with Gasteiger partial charge in [-0.2, -0.15) is 0 Å². The minimum atomic E-state index is 0.315. The molecular weight excluding hydrogens is 228 g/mol. The third kappa shape index (κ3) is 2.93. The molecule has 0 aliphatic carbocycles. The summed E-state index contributed by atoms with van der Waals surface area (Å²) in [5.41, 5.74) is 2.50. The van der Waals surface area contributed by atoms with E-state index in [0.717, 1.165) is 12.1 Å². The molecule has 2 aromatic rings. The highest BCUT2D eigenvalue weighted by molar-refractivity contribution is 7.11. The van der Waals surface area contributed by atoms with Gasteiger partial charge in [-0.05, 0) is 32.9 Å². The molecule has 0 bridgehead atoms. The van der Waals surface area contributed by atoms with Gasteiger partial charge in [-0.1, -0.05) is 30.3 Å². The van der Waals surface area contributed by atoms with Crippen molar-refractivity contribution < 1.29 is 0 Å². The Morgan fingerprint density at radius 1 is 1.24 bits per heavy atom. The predicted molar refractivity (Wildman–Crippen MR) is 73.5 cm³/mol. The van der Waals surface area contributed by atoms with Crippen molar-refractivity contribution >= 4 is 11.3 Å². The van der Waals surface area contributed by atoms with Crippen molar-refractivity contribution in [2.24, 2.45) is 0 Å². The van der Waals surface area contributed by atoms with Crippen molar-refractivity contribution in [1.29, 1.82) is 0 Å². The molecule has 0 fully saturated rings. The van der Waals surface area contributed by atoms with Gasteiger partial charge in [0.25, 0.3) is 0 Å². The number of hydrogen-bond donors (Lipinski definition) is 1. The van der Waals surface area contributed by atoms with Gasteiger partial charge in [0.05, 0.1) is 11.7 Å². The van der Waals surface area contributed by atoms with E-state index in [2.05, 4.69) is 54.5 Å². The average Bonchev–Trinajstić information content (AvgIpc) is 2.68. The first-order valence-electron chi connectivity index (χ1n) is 5.86. The van der Waals surface area contributed by atoms with E-state index in [1.165, 1.54) is 15.4 Å². The number of likely N-dealkylation sites (N-methyl/N-ethyl adjacent to an activating group) is 1. The number of nitrogens with zero attached hydrogens (tertiary/aromatic N) is 1. The number of rotatable bonds is 4. The number of nitrogens with one attached hydrogen (secondary N) is 1. The number of aryl methyl sites for hydroxylation is 2. The van der Waals surface area contributed by atoms with Crippen molar-refractivity contribution in [3.8, 4) is 0 Å². The molecule has 0 aliphatic rings. The summed E-state index contributed by atoms with van der Waals surface area (Å²) in [4.78, 5) is 5.95. The fraction of sp³-hybridized carbons (Fsp3) is 0.357. The molecule has 2 nitrogen and oxygen atoms in total. The van der Waals surface area contributed by atoms with Crippen LogP contribution in [0.1, 0.15) is 27.2 Å². The van der Waals surface area contributed by atoms with Gasteiger partial charge < -0.3 is 5.32 Å². The Kier molecular flexibility index (Phi) is 3.92. The first-order chi connectivity index (χ1) is 8.20. The molecule has 1 atom stereocenters. The zero-order valence-electron chi connectivity index (χ0n) is 10.5. The second kappa shape index (κ2) is 5.43. The predicted octanol–water partition coefficient (Wildman–Crippen LogP) is 3.26. The van der Waals surface area contributed by atoms with Gasteiger partial charge in [0, 0.05) is 4.88 Å². The zero-order chi connectivity index (χ0) is 12.3. The van der Waals surface area contributed by atoms with Crippen molar-refractivity contribution in [3.05, 3.63) is 51.5 Å². The van der Waals surface area contributed by atoms with Crippen LogP contribution >= 0.6 is 11.3 Å². The van der Waals surface area contributed by atoms with Crippen LogP contribution in [0.5, 0.6) is 0 Å². The van der Waals surface area contributed by atoms with E-state index in [9.17, 15) is 0 Å². The Bertz CT molecular complexity index is 457. The summed E-state index contributed by atoms with van der Waals surface area (Å²) < 4.78 is 0. The summed E-state index contributed by atoms with van der Waals surface area (Å²) in [6.07, 6.45) is 0.990. The Morgan fingerprint density at radius 2 is 1.94 bits per heavy atom. The van der Waals surface area contributed by atoms with Gasteiger partial charge in [0.2, 0.25) is 0 Å². The minimum absolute atomic E-state index is 0.315. The van der Waals surface area contributed by atoms with Gasteiger partial charge in [-0.15, -0.1) is 11.3 Å². The summed E-state index contributed by atoms with van der Waals surface area (Å²) in [6, 6.07) is 10.9. The molecule has 2 rings (SSSR count). The highest BCUT2D eigenvalue weighted by Gasteiger charge is 2.15. The summed E-state index contributed by atoms with van der Waals surface area (Å²) in [5.74, 6) is 0. The molecule has 0 aliphatic heterocycles. The van der Waals surface area contributed by atoms with E-state index in [-0.39, 0.29) is 0 Å². The lowest BCUT2D eigenvalue weighted by Gasteiger charge is -2.13. The quantitative estimate of drug-likeness (QED) is 0.895. The molecule has 1 unspecified atom stereocenters. The van der Waals surface area contributed by atoms with Crippen LogP contribution in [0.2, 0.25) is 0 Å². The monoisotopic (exact) mass is 246 g/mol. The molecule has 90 valence electrons. The highest BCUT2D eigenvalue weighted by atomic mass is 32.1. The maximum absolute atomic E-state index is 4.63. The summed E-state index contributed by atoms with van der Waals surface area (Å²) in [6.45, 7) is 4.20. The summed E-state index contributed by atoms with van der Waals surface area (Å²) >= 11 is 1.79. The van der Waals surface area contributed by atoms with E-state index in [0.29, 0.717) is 6.04 Å². The molecule has 0 radical (unpaired) electrons. The second-order valence-electron chi connectivity index (χ2n) is 4.22. The molecule has 0 spiro atoms. The van der Waals surface area contributed by atoms with Crippen LogP contribution in [-0.4, -0.2) is 12.0 Å². The van der Waals surface area contributed by atoms with Crippen molar-refractivity contribution in [1.82, 2.24) is 10.3 Å². The fourth-order valence-corrected chi connectivity index (χ4v) is 2.84. The lowest BCUT2D eigenvalue weighted by atomic mass is 10.1. The molecule has 17 heavy (non-hydrogen) atoms. The Morgan fingerprint density at radius 3 is 2.47 bits per heavy atom. The van der Waals surface area contributed by atoms with Crippen molar-refractivity contribution in [2.75, 3.05) is 7.05 Å². The maximum atomic E-state index is 4.63. The lowest BCUT2D eigenvalue weighted by molar-refractivity contribution is 0.587. The lowest BCUT2D eigenvalue weighted by Crippen LogP contribution is -2.18. The molecule has 1 aromatic carbocycles. The van der Waals surface area contributed by atoms with Crippen LogP contribution in [0, 0.1) is 13.8 Å². The molecule has 0 saturated carbocycles. The Hall–Kier alpha value is -1.19. The van der Waals surface area contributed by atoms with Crippen LogP contribution in [0.3, 0.4) is 0 Å². The van der Waals surface area contributed by atoms with Crippen molar-refractivity contribution in [2.45, 2.75) is 26.3 Å². The van der Waals surface area contributed by atoms with Crippen molar-refractivity contribution in [3.63, 3.8) is 0 Å². The standard InChI is InChI=1S/C14H18N2S/c1-10-11(2)17-14(16-10)13(15-3)9-12-7-5-4-6-8-12/h4-8,13,15H,9H2,1-3H3. The van der Waals surface area contributed by atoms with Crippen LogP contribution in [-0.2, 0) is 6.42 Å². The topological polar surface area (TPSA) is 24.9 Å². The van der Waals surface area contributed by atoms with E-state index < -0.39 is 0 Å². The first kappa shape index (κ1) is 12.3. The van der Waals surface area contributed by atoms with Crippen LogP contribution in [0.25, 0.3) is 0 Å². The number of thiazole rings is 1. The molecule has 0 amide bonds. The summed E-state index contributed by atoms with van der Waals surface area (Å²) in [5, 5.41) is 4.54. The SMILES string of the molecule is CNC(Cc1ccccc1)c1nc(C)c(C)s1. The van der Waals surface area contributed by atoms with E-state index in [1.807, 2.05) is 7.05 Å². The Balaban J connectivity index is 2.17. The molecule has 1 N–H and O–H groups in total. The smallest absolute Gasteiger partial charge is 0.110 e. The van der Waals surface area contributed by atoms with Crippen LogP contribution in [0.15, 0.2) is 30.3 Å². The van der Waals surface area contributed by atoms with Gasteiger partial charge in [0.15, 0.2) is 0 Å². The fourth-order valence-electron chi connectivity index (χ4n) is 1.81. The van der Waals surface area contributed by atoms with E-state index in [1.54, 1.807) is 11.3 Å². The van der Waals surface area contributed by atoms with E-state index >= 15 is 0 Å². The first-order valence-corrected chi connectivity index (χ1v) is 6.67. The summed E-state index contributed by atoms with van der Waals surface area (Å²) in [7, 11) is 2.00. The number of hydrogen-bond acceptors (Lipinski definition) is 3. The largest absolute Gasteiger partial charge is 0.311 e. The van der Waals surface area contributed by atoms with Gasteiger partial charge in [-0.3, -0.25) is 0 Å². The third-order valence-corrected chi connectivity index (χ3v) is 4.16. The third-order valence-electron chi connectivity index (χ3n) is 2.97. The second-order valence-corrected chi connectivity index (χ2v) is 5.46. The number of benzene rings is 1. The molecule has 1 heterocycles. The molecular formula is C14H18N2S. The molecule has 1 aromatic heterocycles. The van der Waals surface area contributed by atoms with E-state index in [4.69, 9.17) is 0 Å². The highest BCUT2D eigenvalue weighted by Crippen LogP contribution is 2.25. The zero-order valence-corrected chi connectivity index (χ0v) is 11.3. The van der Waals surface area contributed by atoms with Gasteiger partial charge in [-0.25, -0.2) is 4.98 Å². The molecule has 0 saturated heterocycles. The normalized spacial score (nSPS) is 12.6. The maximum Gasteiger partial charge on any atom is 0.110 e. The van der Waals surface area contributed by atoms with Gasteiger partial charge >= 0.3 is 0 Å². The Labute approximate surface area is 107 Å². The average molecular weight is 246 g/mol. The van der Waals surface area contributed by atoms with Gasteiger partial charge in [0.1, 0.15) is 5.01 Å². The van der Waals surface area contributed by atoms with Crippen LogP contribution < -0.4 is 5.32 Å². The molecule has 3 heteroatoms. The van der Waals surface area contributed by atoms with Crippen LogP contribution in [0.4, 0.5) is 0 Å². The minimum Gasteiger partial charge on any atom is -0.311 e.